The number of thiazole rings is 1. The number of hydrogen-bond donors (Lipinski definition) is 1. The number of anilines is 1. The van der Waals surface area contributed by atoms with E-state index in [1.165, 1.54) is 16.9 Å². The Labute approximate surface area is 151 Å². The normalized spacial score (nSPS) is 15.5. The van der Waals surface area contributed by atoms with Gasteiger partial charge >= 0.3 is 0 Å². The molecule has 0 atom stereocenters. The second kappa shape index (κ2) is 6.84. The van der Waals surface area contributed by atoms with Crippen LogP contribution in [0.25, 0.3) is 10.2 Å². The van der Waals surface area contributed by atoms with Gasteiger partial charge in [-0.25, -0.2) is 4.98 Å². The summed E-state index contributed by atoms with van der Waals surface area (Å²) >= 11 is 1.49. The number of para-hydroxylation sites is 1. The molecule has 3 aromatic rings. The minimum Gasteiger partial charge on any atom is -0.382 e. The third kappa shape index (κ3) is 3.51. The van der Waals surface area contributed by atoms with Gasteiger partial charge < -0.3 is 10.2 Å². The molecule has 0 saturated carbocycles. The Hall–Kier alpha value is -2.40. The summed E-state index contributed by atoms with van der Waals surface area (Å²) in [6.07, 6.45) is 1.93. The van der Waals surface area contributed by atoms with Crippen LogP contribution in [0, 0.1) is 6.92 Å². The number of piperidine rings is 1. The summed E-state index contributed by atoms with van der Waals surface area (Å²) in [6.45, 7) is 3.65. The van der Waals surface area contributed by atoms with Crippen LogP contribution in [0.5, 0.6) is 0 Å². The van der Waals surface area contributed by atoms with Gasteiger partial charge in [0.1, 0.15) is 0 Å². The third-order valence-corrected chi connectivity index (χ3v) is 5.67. The van der Waals surface area contributed by atoms with Crippen LogP contribution >= 0.6 is 11.3 Å². The van der Waals surface area contributed by atoms with E-state index in [1.54, 1.807) is 0 Å². The number of nitrogens with one attached hydrogen (secondary N) is 1. The van der Waals surface area contributed by atoms with Crippen molar-refractivity contribution in [2.75, 3.05) is 18.4 Å². The summed E-state index contributed by atoms with van der Waals surface area (Å²) in [5.41, 5.74) is 3.33. The van der Waals surface area contributed by atoms with E-state index in [1.807, 2.05) is 29.2 Å². The van der Waals surface area contributed by atoms with Crippen LogP contribution in [0.2, 0.25) is 0 Å². The van der Waals surface area contributed by atoms with Crippen molar-refractivity contribution in [2.45, 2.75) is 25.8 Å². The number of likely N-dealkylation sites (tertiary alicyclic amines) is 1. The quantitative estimate of drug-likeness (QED) is 0.764. The summed E-state index contributed by atoms with van der Waals surface area (Å²) < 4.78 is 1.07. The Balaban J connectivity index is 1.38. The highest BCUT2D eigenvalue weighted by atomic mass is 32.1. The lowest BCUT2D eigenvalue weighted by atomic mass is 10.0. The number of aryl methyl sites for hydroxylation is 1. The van der Waals surface area contributed by atoms with Crippen molar-refractivity contribution in [3.8, 4) is 0 Å². The largest absolute Gasteiger partial charge is 0.382 e. The Morgan fingerprint density at radius 1 is 1.16 bits per heavy atom. The minimum atomic E-state index is 0.0650. The van der Waals surface area contributed by atoms with Gasteiger partial charge in [-0.1, -0.05) is 24.3 Å². The smallest absolute Gasteiger partial charge is 0.282 e. The number of fused-ring (bicyclic) bond motifs is 1. The van der Waals surface area contributed by atoms with Crippen LogP contribution in [0.15, 0.2) is 48.5 Å². The highest BCUT2D eigenvalue weighted by Gasteiger charge is 2.25. The molecule has 0 spiro atoms. The van der Waals surface area contributed by atoms with Crippen molar-refractivity contribution in [3.05, 3.63) is 59.1 Å². The van der Waals surface area contributed by atoms with E-state index >= 15 is 0 Å². The van der Waals surface area contributed by atoms with Gasteiger partial charge in [0.2, 0.25) is 0 Å². The molecule has 2 heterocycles. The number of benzene rings is 2. The fourth-order valence-electron chi connectivity index (χ4n) is 3.30. The van der Waals surface area contributed by atoms with Gasteiger partial charge in [0.15, 0.2) is 5.01 Å². The zero-order valence-corrected chi connectivity index (χ0v) is 15.1. The first-order chi connectivity index (χ1) is 12.2. The number of hydrogen-bond acceptors (Lipinski definition) is 4. The first kappa shape index (κ1) is 16.1. The fraction of sp³-hybridized carbons (Fsp3) is 0.300. The monoisotopic (exact) mass is 351 g/mol. The van der Waals surface area contributed by atoms with Crippen LogP contribution in [0.1, 0.15) is 28.2 Å². The van der Waals surface area contributed by atoms with Crippen molar-refractivity contribution < 1.29 is 4.79 Å². The molecule has 0 unspecified atom stereocenters. The topological polar surface area (TPSA) is 45.2 Å². The second-order valence-corrected chi connectivity index (χ2v) is 7.60. The zero-order chi connectivity index (χ0) is 17.2. The number of rotatable bonds is 3. The molecule has 0 aliphatic carbocycles. The third-order valence-electron chi connectivity index (χ3n) is 4.65. The minimum absolute atomic E-state index is 0.0650. The molecule has 25 heavy (non-hydrogen) atoms. The molecule has 2 aromatic carbocycles. The summed E-state index contributed by atoms with van der Waals surface area (Å²) in [5, 5.41) is 4.19. The van der Waals surface area contributed by atoms with Crippen LogP contribution in [0.4, 0.5) is 5.69 Å². The number of carbonyl (C=O) groups excluding carboxylic acids is 1. The van der Waals surface area contributed by atoms with Crippen molar-refractivity contribution in [3.63, 3.8) is 0 Å². The molecule has 5 heteroatoms. The average Bonchev–Trinajstić information content (AvgIpc) is 3.06. The van der Waals surface area contributed by atoms with Crippen LogP contribution in [-0.4, -0.2) is 34.9 Å². The van der Waals surface area contributed by atoms with E-state index in [2.05, 4.69) is 41.5 Å². The number of amides is 1. The maximum atomic E-state index is 12.7. The average molecular weight is 351 g/mol. The van der Waals surface area contributed by atoms with Crippen LogP contribution in [0.3, 0.4) is 0 Å². The van der Waals surface area contributed by atoms with E-state index < -0.39 is 0 Å². The van der Waals surface area contributed by atoms with Gasteiger partial charge in [-0.15, -0.1) is 11.3 Å². The van der Waals surface area contributed by atoms with E-state index in [4.69, 9.17) is 0 Å². The highest BCUT2D eigenvalue weighted by molar-refractivity contribution is 7.20. The molecule has 4 rings (SSSR count). The molecular formula is C20H21N3OS. The lowest BCUT2D eigenvalue weighted by Crippen LogP contribution is -2.42. The van der Waals surface area contributed by atoms with E-state index in [0.29, 0.717) is 11.0 Å². The molecule has 128 valence electrons. The molecule has 0 radical (unpaired) electrons. The molecule has 1 saturated heterocycles. The van der Waals surface area contributed by atoms with Gasteiger partial charge in [0.05, 0.1) is 10.2 Å². The Bertz CT molecular complexity index is 864. The zero-order valence-electron chi connectivity index (χ0n) is 14.2. The molecule has 4 nitrogen and oxygen atoms in total. The first-order valence-corrected chi connectivity index (χ1v) is 9.49. The fourth-order valence-corrected chi connectivity index (χ4v) is 4.23. The Kier molecular flexibility index (Phi) is 4.40. The van der Waals surface area contributed by atoms with Gasteiger partial charge in [0.25, 0.3) is 5.91 Å². The molecule has 1 aliphatic rings. The molecular weight excluding hydrogens is 330 g/mol. The molecule has 1 aromatic heterocycles. The lowest BCUT2D eigenvalue weighted by Gasteiger charge is -2.32. The molecule has 1 aliphatic heterocycles. The summed E-state index contributed by atoms with van der Waals surface area (Å²) in [7, 11) is 0. The van der Waals surface area contributed by atoms with Crippen molar-refractivity contribution >= 4 is 33.1 Å². The van der Waals surface area contributed by atoms with E-state index in [9.17, 15) is 4.79 Å². The number of carbonyl (C=O) groups is 1. The Morgan fingerprint density at radius 2 is 1.96 bits per heavy atom. The van der Waals surface area contributed by atoms with Crippen molar-refractivity contribution in [1.29, 1.82) is 0 Å². The van der Waals surface area contributed by atoms with Crippen molar-refractivity contribution in [2.24, 2.45) is 0 Å². The van der Waals surface area contributed by atoms with Gasteiger partial charge in [-0.2, -0.15) is 0 Å². The van der Waals surface area contributed by atoms with Gasteiger partial charge in [-0.3, -0.25) is 4.79 Å². The molecule has 1 fully saturated rings. The first-order valence-electron chi connectivity index (χ1n) is 8.67. The highest BCUT2D eigenvalue weighted by Crippen LogP contribution is 2.24. The van der Waals surface area contributed by atoms with Gasteiger partial charge in [0, 0.05) is 24.8 Å². The van der Waals surface area contributed by atoms with Crippen LogP contribution in [-0.2, 0) is 0 Å². The standard InChI is InChI=1S/C20H21N3OS/c1-14-5-4-6-16(13-14)21-15-9-11-23(12-10-15)20(24)19-22-17-7-2-3-8-18(17)25-19/h2-8,13,15,21H,9-12H2,1H3. The molecule has 1 amide bonds. The van der Waals surface area contributed by atoms with Crippen LogP contribution < -0.4 is 5.32 Å². The second-order valence-electron chi connectivity index (χ2n) is 6.57. The molecule has 1 N–H and O–H groups in total. The van der Waals surface area contributed by atoms with Crippen molar-refractivity contribution in [1.82, 2.24) is 9.88 Å². The van der Waals surface area contributed by atoms with E-state index in [-0.39, 0.29) is 5.91 Å². The summed E-state index contributed by atoms with van der Waals surface area (Å²) in [4.78, 5) is 19.2. The lowest BCUT2D eigenvalue weighted by molar-refractivity contribution is 0.0718. The number of nitrogens with zero attached hydrogens (tertiary/aromatic N) is 2. The number of aromatic nitrogens is 1. The van der Waals surface area contributed by atoms with E-state index in [0.717, 1.165) is 41.8 Å². The summed E-state index contributed by atoms with van der Waals surface area (Å²) in [5.74, 6) is 0.0650. The predicted molar refractivity (Wildman–Crippen MR) is 103 cm³/mol. The SMILES string of the molecule is Cc1cccc(NC2CCN(C(=O)c3nc4ccccc4s3)CC2)c1. The maximum absolute atomic E-state index is 12.7. The molecule has 0 bridgehead atoms. The van der Waals surface area contributed by atoms with Gasteiger partial charge in [-0.05, 0) is 49.6 Å². The summed E-state index contributed by atoms with van der Waals surface area (Å²) in [6, 6.07) is 16.8. The Morgan fingerprint density at radius 3 is 2.72 bits per heavy atom. The maximum Gasteiger partial charge on any atom is 0.282 e. The predicted octanol–water partition coefficient (Wildman–Crippen LogP) is 4.32.